The van der Waals surface area contributed by atoms with Gasteiger partial charge in [0.05, 0.1) is 0 Å². The van der Waals surface area contributed by atoms with Crippen LogP contribution in [-0.4, -0.2) is 39.6 Å². The highest BCUT2D eigenvalue weighted by atomic mass is 16.4. The third-order valence-corrected chi connectivity index (χ3v) is 3.63. The van der Waals surface area contributed by atoms with Gasteiger partial charge in [0.25, 0.3) is 0 Å². The van der Waals surface area contributed by atoms with E-state index in [9.17, 15) is 14.4 Å². The maximum absolute atomic E-state index is 11.8. The van der Waals surface area contributed by atoms with Crippen LogP contribution in [0.15, 0.2) is 0 Å². The molecule has 1 atom stereocenters. The molecule has 7 heteroatoms. The highest BCUT2D eigenvalue weighted by Gasteiger charge is 2.32. The molecular weight excluding hydrogens is 264 g/mol. The van der Waals surface area contributed by atoms with Crippen molar-refractivity contribution in [1.82, 2.24) is 5.32 Å². The van der Waals surface area contributed by atoms with Crippen LogP contribution >= 0.6 is 0 Å². The molecule has 1 saturated carbocycles. The molecular formula is C13H22N2O5. The Balaban J connectivity index is 2.42. The lowest BCUT2D eigenvalue weighted by Gasteiger charge is -2.24. The number of hydrogen-bond donors (Lipinski definition) is 4. The van der Waals surface area contributed by atoms with Crippen molar-refractivity contribution < 1.29 is 24.6 Å². The van der Waals surface area contributed by atoms with Gasteiger partial charge in [0.2, 0.25) is 5.91 Å². The van der Waals surface area contributed by atoms with Crippen LogP contribution in [0.3, 0.4) is 0 Å². The molecule has 0 radical (unpaired) electrons. The minimum absolute atomic E-state index is 0.102. The lowest BCUT2D eigenvalue weighted by molar-refractivity contribution is -0.143. The van der Waals surface area contributed by atoms with Crippen molar-refractivity contribution in [3.05, 3.63) is 0 Å². The summed E-state index contributed by atoms with van der Waals surface area (Å²) < 4.78 is 0. The summed E-state index contributed by atoms with van der Waals surface area (Å²) in [5.74, 6) is -2.51. The summed E-state index contributed by atoms with van der Waals surface area (Å²) in [6.45, 7) is 0. The summed E-state index contributed by atoms with van der Waals surface area (Å²) in [5, 5.41) is 20.0. The maximum atomic E-state index is 11.8. The first-order valence-electron chi connectivity index (χ1n) is 6.85. The average Bonchev–Trinajstić information content (AvgIpc) is 2.73. The van der Waals surface area contributed by atoms with Crippen molar-refractivity contribution in [2.45, 2.75) is 62.9 Å². The van der Waals surface area contributed by atoms with Crippen LogP contribution in [0.2, 0.25) is 0 Å². The number of carboxylic acid groups (broad SMARTS) is 2. The van der Waals surface area contributed by atoms with E-state index in [1.807, 2.05) is 0 Å². The van der Waals surface area contributed by atoms with E-state index in [4.69, 9.17) is 15.9 Å². The van der Waals surface area contributed by atoms with Crippen molar-refractivity contribution in [3.63, 3.8) is 0 Å². The first-order valence-corrected chi connectivity index (χ1v) is 6.85. The van der Waals surface area contributed by atoms with E-state index >= 15 is 0 Å². The Morgan fingerprint density at radius 2 is 1.80 bits per heavy atom. The molecule has 0 aromatic rings. The molecule has 1 aliphatic rings. The highest BCUT2D eigenvalue weighted by Crippen LogP contribution is 2.29. The summed E-state index contributed by atoms with van der Waals surface area (Å²) >= 11 is 0. The van der Waals surface area contributed by atoms with Crippen LogP contribution in [0.1, 0.15) is 51.4 Å². The van der Waals surface area contributed by atoms with Gasteiger partial charge in [-0.2, -0.15) is 0 Å². The van der Waals surface area contributed by atoms with E-state index in [-0.39, 0.29) is 31.6 Å². The first kappa shape index (κ1) is 16.4. The van der Waals surface area contributed by atoms with Gasteiger partial charge in [-0.25, -0.2) is 4.79 Å². The second-order valence-corrected chi connectivity index (χ2v) is 5.49. The molecule has 0 aliphatic heterocycles. The number of carbonyl (C=O) groups is 3. The van der Waals surface area contributed by atoms with Crippen LogP contribution < -0.4 is 11.1 Å². The molecule has 0 unspecified atom stereocenters. The van der Waals surface area contributed by atoms with Crippen LogP contribution in [-0.2, 0) is 14.4 Å². The third kappa shape index (κ3) is 5.56. The van der Waals surface area contributed by atoms with Crippen LogP contribution in [0.25, 0.3) is 0 Å². The standard InChI is InChI=1S/C13H22N2O5/c14-13(6-1-2-7-13)8-10(16)15-9(12(19)20)4-3-5-11(17)18/h9H,1-8,14H2,(H,15,16)(H,17,18)(H,19,20)/t9-/m1/s1. The largest absolute Gasteiger partial charge is 0.481 e. The van der Waals surface area contributed by atoms with Crippen molar-refractivity contribution in [2.75, 3.05) is 0 Å². The molecule has 0 saturated heterocycles. The number of rotatable bonds is 8. The van der Waals surface area contributed by atoms with Gasteiger partial charge in [0.15, 0.2) is 0 Å². The fourth-order valence-corrected chi connectivity index (χ4v) is 2.54. The zero-order chi connectivity index (χ0) is 15.2. The average molecular weight is 286 g/mol. The van der Waals surface area contributed by atoms with E-state index in [1.165, 1.54) is 0 Å². The van der Waals surface area contributed by atoms with Gasteiger partial charge >= 0.3 is 11.9 Å². The van der Waals surface area contributed by atoms with Gasteiger partial charge in [-0.15, -0.1) is 0 Å². The predicted molar refractivity (Wildman–Crippen MR) is 71.1 cm³/mol. The molecule has 1 aliphatic carbocycles. The molecule has 5 N–H and O–H groups in total. The van der Waals surface area contributed by atoms with Crippen LogP contribution in [0.5, 0.6) is 0 Å². The molecule has 0 heterocycles. The van der Waals surface area contributed by atoms with Gasteiger partial charge < -0.3 is 21.3 Å². The number of aliphatic carboxylic acids is 2. The smallest absolute Gasteiger partial charge is 0.326 e. The SMILES string of the molecule is NC1(CC(=O)N[C@H](CCCC(=O)O)C(=O)O)CCCC1. The van der Waals surface area contributed by atoms with E-state index in [0.29, 0.717) is 0 Å². The Labute approximate surface area is 117 Å². The van der Waals surface area contributed by atoms with E-state index in [1.54, 1.807) is 0 Å². The normalized spacial score (nSPS) is 18.4. The number of hydrogen-bond acceptors (Lipinski definition) is 4. The van der Waals surface area contributed by atoms with Crippen molar-refractivity contribution in [2.24, 2.45) is 5.73 Å². The number of nitrogens with two attached hydrogens (primary N) is 1. The minimum Gasteiger partial charge on any atom is -0.481 e. The third-order valence-electron chi connectivity index (χ3n) is 3.63. The summed E-state index contributed by atoms with van der Waals surface area (Å²) in [4.78, 5) is 33.3. The summed E-state index contributed by atoms with van der Waals surface area (Å²) in [6, 6.07) is -1.05. The fourth-order valence-electron chi connectivity index (χ4n) is 2.54. The lowest BCUT2D eigenvalue weighted by atomic mass is 9.94. The molecule has 0 aromatic heterocycles. The van der Waals surface area contributed by atoms with Crippen LogP contribution in [0.4, 0.5) is 0 Å². The Morgan fingerprint density at radius 1 is 1.20 bits per heavy atom. The zero-order valence-corrected chi connectivity index (χ0v) is 11.4. The molecule has 1 rings (SSSR count). The Bertz CT molecular complexity index is 377. The Kier molecular flexibility index (Phi) is 5.94. The number of carboxylic acids is 2. The second kappa shape index (κ2) is 7.23. The quantitative estimate of drug-likeness (QED) is 0.513. The number of amides is 1. The molecule has 1 fully saturated rings. The van der Waals surface area contributed by atoms with Gasteiger partial charge in [-0.3, -0.25) is 9.59 Å². The zero-order valence-electron chi connectivity index (χ0n) is 11.4. The topological polar surface area (TPSA) is 130 Å². The monoisotopic (exact) mass is 286 g/mol. The molecule has 0 aromatic carbocycles. The summed E-state index contributed by atoms with van der Waals surface area (Å²) in [5.41, 5.74) is 5.55. The second-order valence-electron chi connectivity index (χ2n) is 5.49. The van der Waals surface area contributed by atoms with Crippen molar-refractivity contribution >= 4 is 17.8 Å². The Morgan fingerprint density at radius 3 is 2.30 bits per heavy atom. The highest BCUT2D eigenvalue weighted by molar-refractivity contribution is 5.84. The molecule has 0 bridgehead atoms. The summed E-state index contributed by atoms with van der Waals surface area (Å²) in [6.07, 6.45) is 3.85. The van der Waals surface area contributed by atoms with Gasteiger partial charge in [-0.1, -0.05) is 12.8 Å². The van der Waals surface area contributed by atoms with E-state index in [2.05, 4.69) is 5.32 Å². The summed E-state index contributed by atoms with van der Waals surface area (Å²) in [7, 11) is 0. The van der Waals surface area contributed by atoms with Gasteiger partial charge in [0.1, 0.15) is 6.04 Å². The molecule has 0 spiro atoms. The van der Waals surface area contributed by atoms with Gasteiger partial charge in [-0.05, 0) is 25.7 Å². The molecule has 1 amide bonds. The van der Waals surface area contributed by atoms with E-state index < -0.39 is 23.5 Å². The van der Waals surface area contributed by atoms with Crippen molar-refractivity contribution in [3.8, 4) is 0 Å². The maximum Gasteiger partial charge on any atom is 0.326 e. The predicted octanol–water partition coefficient (Wildman–Crippen LogP) is 0.472. The van der Waals surface area contributed by atoms with E-state index in [0.717, 1.165) is 25.7 Å². The Hall–Kier alpha value is -1.63. The number of nitrogens with one attached hydrogen (secondary N) is 1. The fraction of sp³-hybridized carbons (Fsp3) is 0.769. The molecule has 20 heavy (non-hydrogen) atoms. The molecule has 7 nitrogen and oxygen atoms in total. The lowest BCUT2D eigenvalue weighted by Crippen LogP contribution is -2.47. The molecule has 114 valence electrons. The van der Waals surface area contributed by atoms with Crippen molar-refractivity contribution in [1.29, 1.82) is 0 Å². The van der Waals surface area contributed by atoms with Gasteiger partial charge in [0, 0.05) is 18.4 Å². The first-order chi connectivity index (χ1) is 9.32. The number of carbonyl (C=O) groups excluding carboxylic acids is 1. The van der Waals surface area contributed by atoms with Crippen LogP contribution in [0, 0.1) is 0 Å². The minimum atomic E-state index is -1.15.